The zero-order chi connectivity index (χ0) is 17.3. The highest BCUT2D eigenvalue weighted by Gasteiger charge is 2.20. The summed E-state index contributed by atoms with van der Waals surface area (Å²) in [4.78, 5) is 11.3. The first-order valence-corrected chi connectivity index (χ1v) is 9.91. The van der Waals surface area contributed by atoms with Gasteiger partial charge >= 0.3 is 0 Å². The predicted molar refractivity (Wildman–Crippen MR) is 116 cm³/mol. The van der Waals surface area contributed by atoms with Gasteiger partial charge in [0.15, 0.2) is 5.96 Å². The van der Waals surface area contributed by atoms with Gasteiger partial charge in [0.25, 0.3) is 0 Å². The van der Waals surface area contributed by atoms with E-state index < -0.39 is 0 Å². The fourth-order valence-corrected chi connectivity index (χ4v) is 3.77. The number of hydrogen-bond donors (Lipinski definition) is 2. The fourth-order valence-electron chi connectivity index (χ4n) is 3.77. The summed E-state index contributed by atoms with van der Waals surface area (Å²) >= 11 is 0. The van der Waals surface area contributed by atoms with Crippen molar-refractivity contribution in [2.45, 2.75) is 64.0 Å². The number of likely N-dealkylation sites (tertiary alicyclic amines) is 1. The minimum atomic E-state index is 0. The normalized spacial score (nSPS) is 21.0. The molecule has 2 aliphatic heterocycles. The molecule has 1 saturated heterocycles. The standard InChI is InChI=1S/C18H33N7.HI/c1-19-18(23-16-8-9-17-21-15-22-25(17)14-16)20-10-4-2-5-11-24-12-6-3-7-13-24;/h15-16H,2-14H2,1H3,(H2,19,20,23);1H. The van der Waals surface area contributed by atoms with E-state index in [0.29, 0.717) is 6.04 Å². The number of aryl methyl sites for hydroxylation is 1. The molecule has 0 spiro atoms. The number of unbranched alkanes of at least 4 members (excludes halogenated alkanes) is 2. The summed E-state index contributed by atoms with van der Waals surface area (Å²) in [5.41, 5.74) is 0. The molecule has 26 heavy (non-hydrogen) atoms. The second kappa shape index (κ2) is 11.7. The average Bonchev–Trinajstić information content (AvgIpc) is 3.12. The number of fused-ring (bicyclic) bond motifs is 1. The Morgan fingerprint density at radius 2 is 2.08 bits per heavy atom. The SMILES string of the molecule is CN=C(NCCCCCN1CCCCC1)NC1CCc2ncnn2C1.I. The summed E-state index contributed by atoms with van der Waals surface area (Å²) in [6.45, 7) is 5.75. The van der Waals surface area contributed by atoms with Crippen LogP contribution in [-0.4, -0.2) is 64.9 Å². The third kappa shape index (κ3) is 6.68. The first-order valence-electron chi connectivity index (χ1n) is 9.91. The molecule has 1 aromatic heterocycles. The molecule has 1 aromatic rings. The molecule has 8 heteroatoms. The number of aromatic nitrogens is 3. The lowest BCUT2D eigenvalue weighted by Gasteiger charge is -2.26. The Kier molecular flexibility index (Phi) is 9.66. The van der Waals surface area contributed by atoms with Crippen LogP contribution in [0.15, 0.2) is 11.3 Å². The van der Waals surface area contributed by atoms with Crippen LogP contribution in [0.2, 0.25) is 0 Å². The van der Waals surface area contributed by atoms with E-state index in [2.05, 4.69) is 30.6 Å². The van der Waals surface area contributed by atoms with Gasteiger partial charge in [-0.2, -0.15) is 5.10 Å². The van der Waals surface area contributed by atoms with E-state index in [1.165, 1.54) is 58.2 Å². The molecule has 0 bridgehead atoms. The summed E-state index contributed by atoms with van der Waals surface area (Å²) in [5, 5.41) is 11.2. The number of aliphatic imine (C=N–C) groups is 1. The Balaban J connectivity index is 0.00000243. The third-order valence-electron chi connectivity index (χ3n) is 5.26. The molecule has 0 radical (unpaired) electrons. The Hall–Kier alpha value is -0.900. The lowest BCUT2D eigenvalue weighted by molar-refractivity contribution is 0.224. The van der Waals surface area contributed by atoms with Crippen LogP contribution in [0.25, 0.3) is 0 Å². The fraction of sp³-hybridized carbons (Fsp3) is 0.833. The topological polar surface area (TPSA) is 70.4 Å². The number of nitrogens with one attached hydrogen (secondary N) is 2. The van der Waals surface area contributed by atoms with Crippen LogP contribution >= 0.6 is 24.0 Å². The van der Waals surface area contributed by atoms with Crippen LogP contribution in [0.1, 0.15) is 50.8 Å². The second-order valence-corrected chi connectivity index (χ2v) is 7.20. The molecule has 1 atom stereocenters. The number of hydrogen-bond acceptors (Lipinski definition) is 4. The minimum Gasteiger partial charge on any atom is -0.356 e. The average molecular weight is 475 g/mol. The lowest BCUT2D eigenvalue weighted by Crippen LogP contribution is -2.47. The van der Waals surface area contributed by atoms with Crippen LogP contribution in [0.4, 0.5) is 0 Å². The predicted octanol–water partition coefficient (Wildman–Crippen LogP) is 2.03. The number of piperidine rings is 1. The van der Waals surface area contributed by atoms with Crippen molar-refractivity contribution in [3.63, 3.8) is 0 Å². The van der Waals surface area contributed by atoms with Crippen molar-refractivity contribution in [2.24, 2.45) is 4.99 Å². The van der Waals surface area contributed by atoms with Crippen LogP contribution < -0.4 is 10.6 Å². The van der Waals surface area contributed by atoms with Crippen molar-refractivity contribution in [3.8, 4) is 0 Å². The summed E-state index contributed by atoms with van der Waals surface area (Å²) in [7, 11) is 1.84. The molecular formula is C18H34IN7. The summed E-state index contributed by atoms with van der Waals surface area (Å²) in [5.74, 6) is 2.00. The van der Waals surface area contributed by atoms with Gasteiger partial charge in [-0.15, -0.1) is 24.0 Å². The third-order valence-corrected chi connectivity index (χ3v) is 5.26. The van der Waals surface area contributed by atoms with Crippen molar-refractivity contribution >= 4 is 29.9 Å². The summed E-state index contributed by atoms with van der Waals surface area (Å²) in [6.07, 6.45) is 11.7. The first-order chi connectivity index (χ1) is 12.3. The number of rotatable bonds is 7. The monoisotopic (exact) mass is 475 g/mol. The maximum atomic E-state index is 4.36. The number of guanidine groups is 1. The number of nitrogens with zero attached hydrogens (tertiary/aromatic N) is 5. The van der Waals surface area contributed by atoms with Gasteiger partial charge in [0.2, 0.25) is 0 Å². The smallest absolute Gasteiger partial charge is 0.191 e. The van der Waals surface area contributed by atoms with Crippen LogP contribution in [0.5, 0.6) is 0 Å². The van der Waals surface area contributed by atoms with Gasteiger partial charge in [-0.05, 0) is 51.7 Å². The highest BCUT2D eigenvalue weighted by Crippen LogP contribution is 2.11. The highest BCUT2D eigenvalue weighted by molar-refractivity contribution is 14.0. The molecular weight excluding hydrogens is 441 g/mol. The Labute approximate surface area is 174 Å². The Morgan fingerprint density at radius 1 is 1.23 bits per heavy atom. The van der Waals surface area contributed by atoms with E-state index >= 15 is 0 Å². The first kappa shape index (κ1) is 21.4. The maximum Gasteiger partial charge on any atom is 0.191 e. The quantitative estimate of drug-likeness (QED) is 0.274. The molecule has 0 aromatic carbocycles. The van der Waals surface area contributed by atoms with E-state index in [4.69, 9.17) is 0 Å². The molecule has 3 heterocycles. The van der Waals surface area contributed by atoms with Gasteiger partial charge in [0, 0.05) is 26.1 Å². The molecule has 7 nitrogen and oxygen atoms in total. The van der Waals surface area contributed by atoms with Crippen molar-refractivity contribution < 1.29 is 0 Å². The molecule has 2 N–H and O–H groups in total. The van der Waals surface area contributed by atoms with Crippen LogP contribution in [0.3, 0.4) is 0 Å². The Bertz CT molecular complexity index is 539. The van der Waals surface area contributed by atoms with Gasteiger partial charge in [-0.1, -0.05) is 12.8 Å². The zero-order valence-corrected chi connectivity index (χ0v) is 18.3. The largest absolute Gasteiger partial charge is 0.356 e. The van der Waals surface area contributed by atoms with Gasteiger partial charge in [0.1, 0.15) is 12.2 Å². The maximum absolute atomic E-state index is 4.36. The molecule has 2 aliphatic rings. The molecule has 1 fully saturated rings. The Morgan fingerprint density at radius 3 is 2.88 bits per heavy atom. The van der Waals surface area contributed by atoms with Crippen molar-refractivity contribution in [1.82, 2.24) is 30.3 Å². The van der Waals surface area contributed by atoms with Gasteiger partial charge in [-0.3, -0.25) is 4.99 Å². The molecule has 3 rings (SSSR count). The van der Waals surface area contributed by atoms with Crippen molar-refractivity contribution in [1.29, 1.82) is 0 Å². The van der Waals surface area contributed by atoms with Crippen molar-refractivity contribution in [2.75, 3.05) is 33.2 Å². The minimum absolute atomic E-state index is 0. The van der Waals surface area contributed by atoms with E-state index in [0.717, 1.165) is 37.7 Å². The van der Waals surface area contributed by atoms with Crippen LogP contribution in [0, 0.1) is 0 Å². The number of halogens is 1. The molecule has 0 amide bonds. The van der Waals surface area contributed by atoms with E-state index in [-0.39, 0.29) is 24.0 Å². The van der Waals surface area contributed by atoms with E-state index in [1.807, 2.05) is 11.7 Å². The zero-order valence-electron chi connectivity index (χ0n) is 16.0. The molecule has 1 unspecified atom stereocenters. The second-order valence-electron chi connectivity index (χ2n) is 7.20. The summed E-state index contributed by atoms with van der Waals surface area (Å²) < 4.78 is 2.00. The van der Waals surface area contributed by atoms with Crippen LogP contribution in [-0.2, 0) is 13.0 Å². The van der Waals surface area contributed by atoms with E-state index in [9.17, 15) is 0 Å². The molecule has 0 aliphatic carbocycles. The van der Waals surface area contributed by atoms with Crippen molar-refractivity contribution in [3.05, 3.63) is 12.2 Å². The summed E-state index contributed by atoms with van der Waals surface area (Å²) in [6, 6.07) is 0.375. The molecule has 148 valence electrons. The van der Waals surface area contributed by atoms with Gasteiger partial charge in [-0.25, -0.2) is 9.67 Å². The molecule has 0 saturated carbocycles. The van der Waals surface area contributed by atoms with Gasteiger partial charge in [0.05, 0.1) is 6.54 Å². The van der Waals surface area contributed by atoms with E-state index in [1.54, 1.807) is 6.33 Å². The highest BCUT2D eigenvalue weighted by atomic mass is 127. The van der Waals surface area contributed by atoms with Gasteiger partial charge < -0.3 is 15.5 Å². The lowest BCUT2D eigenvalue weighted by atomic mass is 10.1.